The summed E-state index contributed by atoms with van der Waals surface area (Å²) in [5, 5.41) is 3.08. The van der Waals surface area contributed by atoms with E-state index in [-0.39, 0.29) is 5.91 Å². The Bertz CT molecular complexity index is 578. The van der Waals surface area contributed by atoms with E-state index in [1.807, 2.05) is 13.0 Å². The molecule has 4 nitrogen and oxygen atoms in total. The molecule has 1 aromatic heterocycles. The predicted octanol–water partition coefficient (Wildman–Crippen LogP) is 2.88. The first-order valence-electron chi connectivity index (χ1n) is 5.36. The summed E-state index contributed by atoms with van der Waals surface area (Å²) in [4.78, 5) is 16.1. The second kappa shape index (κ2) is 5.06. The smallest absolute Gasteiger partial charge is 0.274 e. The molecule has 0 saturated carbocycles. The minimum atomic E-state index is -0.326. The van der Waals surface area contributed by atoms with Crippen LogP contribution in [0.4, 0.5) is 11.4 Å². The minimum Gasteiger partial charge on any atom is -0.397 e. The number of nitrogens with zero attached hydrogens (tertiary/aromatic N) is 1. The number of nitrogen functional groups attached to an aromatic ring is 1. The quantitative estimate of drug-likeness (QED) is 0.817. The number of aromatic nitrogens is 1. The Labute approximate surface area is 110 Å². The summed E-state index contributed by atoms with van der Waals surface area (Å²) in [6.45, 7) is 1.82. The molecule has 1 amide bonds. The van der Waals surface area contributed by atoms with Gasteiger partial charge in [0.25, 0.3) is 5.91 Å². The summed E-state index contributed by atoms with van der Waals surface area (Å²) < 4.78 is 0. The summed E-state index contributed by atoms with van der Waals surface area (Å²) >= 11 is 5.99. The van der Waals surface area contributed by atoms with Crippen molar-refractivity contribution in [2.24, 2.45) is 0 Å². The number of benzene rings is 1. The molecule has 92 valence electrons. The zero-order valence-electron chi connectivity index (χ0n) is 9.77. The molecule has 0 radical (unpaired) electrons. The van der Waals surface area contributed by atoms with Crippen molar-refractivity contribution in [3.05, 3.63) is 52.8 Å². The normalized spacial score (nSPS) is 10.1. The number of rotatable bonds is 2. The van der Waals surface area contributed by atoms with E-state index in [4.69, 9.17) is 17.3 Å². The van der Waals surface area contributed by atoms with Gasteiger partial charge in [0.15, 0.2) is 0 Å². The zero-order valence-corrected chi connectivity index (χ0v) is 10.5. The zero-order chi connectivity index (χ0) is 13.1. The van der Waals surface area contributed by atoms with Crippen molar-refractivity contribution < 1.29 is 4.79 Å². The van der Waals surface area contributed by atoms with Gasteiger partial charge in [-0.1, -0.05) is 23.7 Å². The van der Waals surface area contributed by atoms with Gasteiger partial charge in [-0.25, -0.2) is 0 Å². The maximum absolute atomic E-state index is 12.1. The van der Waals surface area contributed by atoms with Crippen LogP contribution in [0.5, 0.6) is 0 Å². The van der Waals surface area contributed by atoms with E-state index in [0.717, 1.165) is 5.56 Å². The third-order valence-corrected chi connectivity index (χ3v) is 2.82. The number of nitrogens with one attached hydrogen (secondary N) is 1. The predicted molar refractivity (Wildman–Crippen MR) is 72.8 cm³/mol. The number of halogens is 1. The van der Waals surface area contributed by atoms with Crippen molar-refractivity contribution in [3.63, 3.8) is 0 Å². The number of hydrogen-bond donors (Lipinski definition) is 2. The second-order valence-electron chi connectivity index (χ2n) is 3.83. The van der Waals surface area contributed by atoms with Crippen LogP contribution in [-0.4, -0.2) is 10.9 Å². The molecule has 1 aromatic carbocycles. The molecule has 2 rings (SSSR count). The van der Waals surface area contributed by atoms with Gasteiger partial charge in [0.1, 0.15) is 5.69 Å². The van der Waals surface area contributed by atoms with Gasteiger partial charge in [0.2, 0.25) is 0 Å². The van der Waals surface area contributed by atoms with Gasteiger partial charge in [0, 0.05) is 6.20 Å². The van der Waals surface area contributed by atoms with E-state index in [0.29, 0.717) is 22.1 Å². The number of para-hydroxylation sites is 1. The Morgan fingerprint density at radius 1 is 1.33 bits per heavy atom. The monoisotopic (exact) mass is 261 g/mol. The molecular weight excluding hydrogens is 250 g/mol. The first-order valence-corrected chi connectivity index (χ1v) is 5.74. The third kappa shape index (κ3) is 2.43. The van der Waals surface area contributed by atoms with Crippen LogP contribution in [0.15, 0.2) is 36.5 Å². The van der Waals surface area contributed by atoms with Crippen molar-refractivity contribution in [3.8, 4) is 0 Å². The van der Waals surface area contributed by atoms with E-state index >= 15 is 0 Å². The highest BCUT2D eigenvalue weighted by atomic mass is 35.5. The fraction of sp³-hybridized carbons (Fsp3) is 0.0769. The van der Waals surface area contributed by atoms with Crippen LogP contribution in [0.1, 0.15) is 16.1 Å². The number of hydrogen-bond acceptors (Lipinski definition) is 3. The average molecular weight is 262 g/mol. The fourth-order valence-electron chi connectivity index (χ4n) is 1.57. The van der Waals surface area contributed by atoms with Crippen molar-refractivity contribution in [1.82, 2.24) is 4.98 Å². The molecular formula is C13H12ClN3O. The van der Waals surface area contributed by atoms with Gasteiger partial charge in [-0.05, 0) is 30.7 Å². The molecule has 0 atom stereocenters. The fourth-order valence-corrected chi connectivity index (χ4v) is 1.80. The van der Waals surface area contributed by atoms with Crippen molar-refractivity contribution in [2.45, 2.75) is 6.92 Å². The lowest BCUT2D eigenvalue weighted by molar-refractivity contribution is 0.102. The number of pyridine rings is 1. The molecule has 1 heterocycles. The van der Waals surface area contributed by atoms with Gasteiger partial charge in [-0.15, -0.1) is 0 Å². The Balaban J connectivity index is 2.30. The molecule has 0 spiro atoms. The van der Waals surface area contributed by atoms with E-state index in [9.17, 15) is 4.79 Å². The maximum Gasteiger partial charge on any atom is 0.274 e. The molecule has 0 fully saturated rings. The van der Waals surface area contributed by atoms with Gasteiger partial charge in [-0.3, -0.25) is 9.78 Å². The minimum absolute atomic E-state index is 0.326. The molecule has 2 aromatic rings. The van der Waals surface area contributed by atoms with Crippen LogP contribution < -0.4 is 11.1 Å². The van der Waals surface area contributed by atoms with Gasteiger partial charge in [-0.2, -0.15) is 0 Å². The second-order valence-corrected chi connectivity index (χ2v) is 4.23. The topological polar surface area (TPSA) is 68.0 Å². The molecule has 5 heteroatoms. The van der Waals surface area contributed by atoms with Crippen molar-refractivity contribution >= 4 is 28.9 Å². The molecule has 0 saturated heterocycles. The number of aryl methyl sites for hydroxylation is 1. The molecule has 18 heavy (non-hydrogen) atoms. The van der Waals surface area contributed by atoms with E-state index in [1.54, 1.807) is 30.5 Å². The maximum atomic E-state index is 12.1. The SMILES string of the molecule is Cc1cccnc1C(=O)Nc1c(N)cccc1Cl. The molecule has 0 aliphatic rings. The third-order valence-electron chi connectivity index (χ3n) is 2.51. The van der Waals surface area contributed by atoms with Crippen LogP contribution in [0, 0.1) is 6.92 Å². The van der Waals surface area contributed by atoms with Crippen molar-refractivity contribution in [2.75, 3.05) is 11.1 Å². The largest absolute Gasteiger partial charge is 0.397 e. The molecule has 3 N–H and O–H groups in total. The number of amides is 1. The van der Waals surface area contributed by atoms with Crippen LogP contribution in [0.25, 0.3) is 0 Å². The highest BCUT2D eigenvalue weighted by molar-refractivity contribution is 6.34. The first kappa shape index (κ1) is 12.4. The van der Waals surface area contributed by atoms with E-state index in [1.165, 1.54) is 0 Å². The molecule has 0 aliphatic carbocycles. The molecule has 0 unspecified atom stereocenters. The van der Waals surface area contributed by atoms with E-state index in [2.05, 4.69) is 10.3 Å². The number of nitrogens with two attached hydrogens (primary N) is 1. The Kier molecular flexibility index (Phi) is 3.48. The highest BCUT2D eigenvalue weighted by Crippen LogP contribution is 2.28. The summed E-state index contributed by atoms with van der Waals surface area (Å²) in [7, 11) is 0. The van der Waals surface area contributed by atoms with Crippen LogP contribution in [0.3, 0.4) is 0 Å². The summed E-state index contributed by atoms with van der Waals surface area (Å²) in [6, 6.07) is 8.65. The number of anilines is 2. The lowest BCUT2D eigenvalue weighted by Crippen LogP contribution is -2.16. The van der Waals surface area contributed by atoms with Crippen LogP contribution in [-0.2, 0) is 0 Å². The Morgan fingerprint density at radius 3 is 2.78 bits per heavy atom. The summed E-state index contributed by atoms with van der Waals surface area (Å²) in [6.07, 6.45) is 1.57. The standard InChI is InChI=1S/C13H12ClN3O/c1-8-4-3-7-16-11(8)13(18)17-12-9(14)5-2-6-10(12)15/h2-7H,15H2,1H3,(H,17,18). The summed E-state index contributed by atoms with van der Waals surface area (Å²) in [5.41, 5.74) is 7.75. The Morgan fingerprint density at radius 2 is 2.11 bits per heavy atom. The van der Waals surface area contributed by atoms with E-state index < -0.39 is 0 Å². The highest BCUT2D eigenvalue weighted by Gasteiger charge is 2.13. The lowest BCUT2D eigenvalue weighted by atomic mass is 10.2. The number of carbonyl (C=O) groups excluding carboxylic acids is 1. The van der Waals surface area contributed by atoms with Gasteiger partial charge in [0.05, 0.1) is 16.4 Å². The van der Waals surface area contributed by atoms with Crippen LogP contribution >= 0.6 is 11.6 Å². The number of carbonyl (C=O) groups is 1. The average Bonchev–Trinajstić information content (AvgIpc) is 2.34. The lowest BCUT2D eigenvalue weighted by Gasteiger charge is -2.10. The first-order chi connectivity index (χ1) is 8.59. The van der Waals surface area contributed by atoms with Gasteiger partial charge >= 0.3 is 0 Å². The molecule has 0 bridgehead atoms. The van der Waals surface area contributed by atoms with Crippen LogP contribution in [0.2, 0.25) is 5.02 Å². The van der Waals surface area contributed by atoms with Crippen molar-refractivity contribution in [1.29, 1.82) is 0 Å². The molecule has 0 aliphatic heterocycles. The summed E-state index contributed by atoms with van der Waals surface area (Å²) in [5.74, 6) is -0.326. The Hall–Kier alpha value is -2.07. The van der Waals surface area contributed by atoms with Gasteiger partial charge < -0.3 is 11.1 Å².